The molecule has 5 aliphatic rings. The molecule has 8 amide bonds. The molecule has 3 fully saturated rings. The molecule has 4 aromatic carbocycles. The number of fused-ring (bicyclic) bond motifs is 2. The van der Waals surface area contributed by atoms with Crippen molar-refractivity contribution < 1.29 is 83.0 Å². The SMILES string of the molecule is CC[C@H]1O[C@@H](OC[C@H](NC(=O)[C@@H]2NC(=O)C3(CC(=O)[C@H](NC(=O)[C@@H](N)Cc4c(C)cc(O)cc4C)CSCCSC2(C)C)Cc2ccccc2C3)C(N)=O)C(O)C(O)[C@@H]1O.Cc1cc(O)cc(C)c1C[C@H](N)C(=O)N[C@@H]1CSCCSC(C)(C)[C@H](C(=O)N[C@@H](CCCN=C(N)N)C(N)=O)NC(=O)C2(CC1=O)Cc1ccccc1C2. The number of aliphatic hydroxyl groups excluding tert-OH is 3. The number of ether oxygens (including phenoxy) is 2. The number of aromatic hydroxyl groups is 2. The number of ketones is 2. The number of hydrogen-bond acceptors (Lipinski definition) is 24. The maximum absolute atomic E-state index is 14.8. The highest BCUT2D eigenvalue weighted by atomic mass is 32.2. The van der Waals surface area contributed by atoms with E-state index in [0.29, 0.717) is 29.4 Å². The summed E-state index contributed by atoms with van der Waals surface area (Å²) in [6, 6.07) is 12.8. The number of aliphatic imine (C=N–C) groups is 1. The number of hydrogen-bond donors (Lipinski definition) is 17. The van der Waals surface area contributed by atoms with Crippen molar-refractivity contribution in [2.45, 2.75) is 221 Å². The van der Waals surface area contributed by atoms with Crippen LogP contribution in [0.1, 0.15) is 122 Å². The summed E-state index contributed by atoms with van der Waals surface area (Å²) < 4.78 is 9.42. The van der Waals surface area contributed by atoms with E-state index in [2.05, 4.69) is 36.9 Å². The fourth-order valence-corrected chi connectivity index (χ4v) is 20.0. The summed E-state index contributed by atoms with van der Waals surface area (Å²) in [7, 11) is 0. The fourth-order valence-electron chi connectivity index (χ4n) is 15.3. The number of nitrogens with one attached hydrogen (secondary N) is 6. The lowest BCUT2D eigenvalue weighted by molar-refractivity contribution is -0.297. The van der Waals surface area contributed by atoms with Crippen molar-refractivity contribution in [2.24, 2.45) is 50.2 Å². The van der Waals surface area contributed by atoms with Crippen LogP contribution in [0.5, 0.6) is 11.5 Å². The Morgan fingerprint density at radius 2 is 0.965 bits per heavy atom. The molecule has 624 valence electrons. The second-order valence-corrected chi connectivity index (χ2v) is 37.2. The Balaban J connectivity index is 0.000000287. The van der Waals surface area contributed by atoms with Gasteiger partial charge in [0.15, 0.2) is 23.8 Å². The van der Waals surface area contributed by atoms with Gasteiger partial charge in [-0.2, -0.15) is 47.0 Å². The minimum Gasteiger partial charge on any atom is -0.508 e. The van der Waals surface area contributed by atoms with Crippen molar-refractivity contribution in [2.75, 3.05) is 47.7 Å². The number of guanidine groups is 1. The molecule has 0 bridgehead atoms. The third-order valence-corrected chi connectivity index (χ3v) is 27.3. The number of aliphatic hydroxyl groups is 3. The third-order valence-electron chi connectivity index (χ3n) is 21.8. The minimum absolute atomic E-state index is 0.0900. The molecule has 3 saturated heterocycles. The summed E-state index contributed by atoms with van der Waals surface area (Å²) in [5, 5.41) is 68.1. The van der Waals surface area contributed by atoms with Gasteiger partial charge in [0.25, 0.3) is 0 Å². The van der Waals surface area contributed by atoms with E-state index in [9.17, 15) is 73.5 Å². The predicted octanol–water partition coefficient (Wildman–Crippen LogP) is 0.931. The molecule has 0 saturated carbocycles. The van der Waals surface area contributed by atoms with Crippen molar-refractivity contribution in [3.8, 4) is 11.5 Å². The number of Topliss-reactive ketones (excluding diaryl/α,β-unsaturated/α-hetero) is 2. The average Bonchev–Trinajstić information content (AvgIpc) is 1.61. The van der Waals surface area contributed by atoms with E-state index in [1.54, 1.807) is 45.0 Å². The number of nitrogens with two attached hydrogens (primary N) is 6. The quantitative estimate of drug-likeness (QED) is 0.0296. The number of phenols is 2. The molecule has 0 aromatic heterocycles. The van der Waals surface area contributed by atoms with Crippen LogP contribution in [-0.2, 0) is 95.9 Å². The molecular formula is C80H113N13O17S4. The van der Waals surface area contributed by atoms with Gasteiger partial charge in [-0.3, -0.25) is 52.9 Å². The lowest BCUT2D eigenvalue weighted by atomic mass is 9.77. The second-order valence-electron chi connectivity index (χ2n) is 31.4. The smallest absolute Gasteiger partial charge is 0.244 e. The Morgan fingerprint density at radius 1 is 0.579 bits per heavy atom. The lowest BCUT2D eigenvalue weighted by Crippen LogP contribution is -2.63. The van der Waals surface area contributed by atoms with Crippen LogP contribution < -0.4 is 66.3 Å². The number of carbonyl (C=O) groups excluding carboxylic acids is 10. The first kappa shape index (κ1) is 91.5. The molecule has 2 unspecified atom stereocenters. The van der Waals surface area contributed by atoms with Crippen LogP contribution in [0, 0.1) is 38.5 Å². The summed E-state index contributed by atoms with van der Waals surface area (Å²) >= 11 is 5.80. The molecule has 2 spiro atoms. The van der Waals surface area contributed by atoms with Gasteiger partial charge >= 0.3 is 0 Å². The van der Waals surface area contributed by atoms with Gasteiger partial charge in [0.05, 0.1) is 47.7 Å². The molecule has 30 nitrogen and oxygen atoms in total. The number of primary amides is 2. The zero-order valence-electron chi connectivity index (χ0n) is 66.0. The number of phenolic OH excluding ortho intramolecular Hbond substituents is 2. The van der Waals surface area contributed by atoms with Crippen LogP contribution in [0.2, 0.25) is 0 Å². The first-order valence-electron chi connectivity index (χ1n) is 38.2. The average molecular weight is 1660 g/mol. The van der Waals surface area contributed by atoms with Crippen molar-refractivity contribution in [1.29, 1.82) is 0 Å². The molecule has 9 rings (SSSR count). The second kappa shape index (κ2) is 40.2. The van der Waals surface area contributed by atoms with E-state index in [4.69, 9.17) is 43.9 Å². The number of carbonyl (C=O) groups is 10. The maximum Gasteiger partial charge on any atom is 0.244 e. The van der Waals surface area contributed by atoms with Gasteiger partial charge in [-0.05, 0) is 193 Å². The molecular weight excluding hydrogens is 1540 g/mol. The minimum atomic E-state index is -1.66. The van der Waals surface area contributed by atoms with Crippen LogP contribution in [0.25, 0.3) is 0 Å². The van der Waals surface area contributed by atoms with E-state index in [1.165, 1.54) is 47.0 Å². The van der Waals surface area contributed by atoms with Crippen molar-refractivity contribution >= 4 is 112 Å². The molecule has 4 aromatic rings. The Morgan fingerprint density at radius 3 is 1.33 bits per heavy atom. The Kier molecular flexibility index (Phi) is 32.3. The fraction of sp³-hybridized carbons (Fsp3) is 0.562. The van der Waals surface area contributed by atoms with Gasteiger partial charge in [0, 0.05) is 63.4 Å². The third kappa shape index (κ3) is 23.6. The van der Waals surface area contributed by atoms with Gasteiger partial charge in [0.2, 0.25) is 47.3 Å². The highest BCUT2D eigenvalue weighted by Crippen LogP contribution is 2.44. The van der Waals surface area contributed by atoms with E-state index in [1.807, 2.05) is 90.1 Å². The van der Waals surface area contributed by atoms with Gasteiger partial charge < -0.3 is 101 Å². The lowest BCUT2D eigenvalue weighted by Gasteiger charge is -2.40. The van der Waals surface area contributed by atoms with E-state index >= 15 is 0 Å². The summed E-state index contributed by atoms with van der Waals surface area (Å²) in [5.41, 5.74) is 40.8. The van der Waals surface area contributed by atoms with E-state index < -0.39 is 153 Å². The van der Waals surface area contributed by atoms with E-state index in [0.717, 1.165) is 55.6 Å². The highest BCUT2D eigenvalue weighted by Gasteiger charge is 2.52. The van der Waals surface area contributed by atoms with Crippen molar-refractivity contribution in [3.63, 3.8) is 0 Å². The Labute approximate surface area is 682 Å². The summed E-state index contributed by atoms with van der Waals surface area (Å²) in [5.74, 6) is -3.00. The zero-order chi connectivity index (χ0) is 83.9. The zero-order valence-corrected chi connectivity index (χ0v) is 69.3. The van der Waals surface area contributed by atoms with Crippen LogP contribution in [0.4, 0.5) is 0 Å². The van der Waals surface area contributed by atoms with Crippen LogP contribution in [-0.4, -0.2) is 227 Å². The maximum atomic E-state index is 14.8. The molecule has 114 heavy (non-hydrogen) atoms. The Bertz CT molecular complexity index is 4110. The number of benzene rings is 4. The topological polar surface area (TPSA) is 531 Å². The number of rotatable bonds is 22. The predicted molar refractivity (Wildman–Crippen MR) is 441 cm³/mol. The van der Waals surface area contributed by atoms with Gasteiger partial charge in [0.1, 0.15) is 54.0 Å². The first-order chi connectivity index (χ1) is 53.7. The van der Waals surface area contributed by atoms with Gasteiger partial charge in [-0.1, -0.05) is 55.5 Å². The molecule has 0 radical (unpaired) electrons. The monoisotopic (exact) mass is 1660 g/mol. The van der Waals surface area contributed by atoms with Crippen LogP contribution >= 0.6 is 47.0 Å². The number of nitrogens with zero attached hydrogens (tertiary/aromatic N) is 1. The summed E-state index contributed by atoms with van der Waals surface area (Å²) in [6.07, 6.45) is -5.24. The standard InChI is InChI=1S/C42H59N5O11S2.C38H54N8O6S2/c1-6-31-32(50)33(51)34(52)39(58-31)57-19-28(36(44)53)45-38(55)35-41(4,5)60-12-11-59-20-29(46-37(54)27(43)15-26-21(2)13-25(48)14-22(26)3)30(49)18-42(40(56)47-35)16-23-9-7-8-10-24(23)17-42;1-21-14-25(47)15-22(2)26(21)16-27(39)33(50)45-29-20-53-12-13-54-37(3,4)31(34(51)44-28(32(40)49)10-7-11-43-36(41)42)46-35(52)38(19-30(29)48)17-23-8-5-6-9-24(23)18-38/h7-10,13-14,27-29,31-35,39,48,50-52H,6,11-12,15-20,43H2,1-5H3,(H2,44,53)(H,45,55)(H,46,54)(H,47,56);5-6,8-9,14-15,27-29,31,47H,7,10-13,16-20,39H2,1-4H3,(H2,40,49)(H,44,51)(H,45,50)(H,46,52)(H4,41,42,43)/t27-,28-,29+,31+,32+,33?,34?,35-,39+;27-,28-,29+,31-/m00/s1. The molecule has 13 atom stereocenters. The molecule has 23 N–H and O–H groups in total. The highest BCUT2D eigenvalue weighted by molar-refractivity contribution is 8.04. The first-order valence-corrected chi connectivity index (χ1v) is 42.5. The largest absolute Gasteiger partial charge is 0.508 e. The summed E-state index contributed by atoms with van der Waals surface area (Å²) in [6.45, 7) is 16.0. The molecule has 34 heteroatoms. The van der Waals surface area contributed by atoms with Crippen LogP contribution in [0.15, 0.2) is 77.8 Å². The Hall–Kier alpha value is -8.03. The molecule has 2 aliphatic carbocycles. The van der Waals surface area contributed by atoms with Crippen molar-refractivity contribution in [1.82, 2.24) is 31.9 Å². The van der Waals surface area contributed by atoms with E-state index in [-0.39, 0.29) is 111 Å². The normalized spacial score (nSPS) is 24.6. The summed E-state index contributed by atoms with van der Waals surface area (Å²) in [4.78, 5) is 143. The number of amides is 8. The molecule has 3 aliphatic heterocycles. The number of aryl methyl sites for hydroxylation is 4. The van der Waals surface area contributed by atoms with Crippen LogP contribution in [0.3, 0.4) is 0 Å². The van der Waals surface area contributed by atoms with Gasteiger partial charge in [-0.15, -0.1) is 0 Å². The van der Waals surface area contributed by atoms with Gasteiger partial charge in [-0.25, -0.2) is 0 Å². The number of thioether (sulfide) groups is 4. The molecule has 3 heterocycles. The van der Waals surface area contributed by atoms with Crippen molar-refractivity contribution in [3.05, 3.63) is 128 Å².